The van der Waals surface area contributed by atoms with Crippen molar-refractivity contribution < 1.29 is 4.79 Å². The van der Waals surface area contributed by atoms with Crippen molar-refractivity contribution in [2.45, 2.75) is 58.2 Å². The molecular formula is C17H25BrN2O. The molecule has 1 heterocycles. The number of nitrogens with zero attached hydrogens (tertiary/aromatic N) is 1. The van der Waals surface area contributed by atoms with E-state index < -0.39 is 0 Å². The second-order valence-corrected chi connectivity index (χ2v) is 6.91. The zero-order valence-corrected chi connectivity index (χ0v) is 14.7. The van der Waals surface area contributed by atoms with Crippen LogP contribution in [0.4, 0.5) is 0 Å². The van der Waals surface area contributed by atoms with Crippen LogP contribution in [0, 0.1) is 0 Å². The van der Waals surface area contributed by atoms with Crippen molar-refractivity contribution in [2.75, 3.05) is 6.54 Å². The number of carbonyl (C=O) groups excluding carboxylic acids is 1. The zero-order valence-electron chi connectivity index (χ0n) is 13.1. The fraction of sp³-hybridized carbons (Fsp3) is 0.588. The Hall–Kier alpha value is -0.870. The highest BCUT2D eigenvalue weighted by atomic mass is 79.9. The molecule has 0 bridgehead atoms. The monoisotopic (exact) mass is 352 g/mol. The van der Waals surface area contributed by atoms with Crippen LogP contribution in [0.2, 0.25) is 0 Å². The van der Waals surface area contributed by atoms with Gasteiger partial charge < -0.3 is 10.2 Å². The Balaban J connectivity index is 1.93. The lowest BCUT2D eigenvalue weighted by Crippen LogP contribution is -2.50. The summed E-state index contributed by atoms with van der Waals surface area (Å²) in [5, 5.41) is 3.36. The number of hydrogen-bond donors (Lipinski definition) is 1. The van der Waals surface area contributed by atoms with Gasteiger partial charge in [-0.2, -0.15) is 0 Å². The summed E-state index contributed by atoms with van der Waals surface area (Å²) in [6.07, 6.45) is 3.47. The van der Waals surface area contributed by atoms with Crippen molar-refractivity contribution in [2.24, 2.45) is 0 Å². The minimum Gasteiger partial charge on any atom is -0.336 e. The van der Waals surface area contributed by atoms with Crippen LogP contribution in [-0.2, 0) is 4.79 Å². The molecule has 21 heavy (non-hydrogen) atoms. The lowest BCUT2D eigenvalue weighted by molar-refractivity contribution is -0.136. The molecule has 1 fully saturated rings. The normalized spacial score (nSPS) is 23.9. The number of hydrogen-bond acceptors (Lipinski definition) is 2. The molecule has 116 valence electrons. The van der Waals surface area contributed by atoms with Crippen molar-refractivity contribution in [3.8, 4) is 0 Å². The van der Waals surface area contributed by atoms with E-state index in [0.29, 0.717) is 18.6 Å². The minimum absolute atomic E-state index is 0.153. The van der Waals surface area contributed by atoms with E-state index >= 15 is 0 Å². The predicted molar refractivity (Wildman–Crippen MR) is 90.2 cm³/mol. The summed E-state index contributed by atoms with van der Waals surface area (Å²) in [6, 6.07) is 9.02. The van der Waals surface area contributed by atoms with E-state index in [1.807, 2.05) is 18.2 Å². The van der Waals surface area contributed by atoms with Gasteiger partial charge in [-0.1, -0.05) is 34.1 Å². The smallest absolute Gasteiger partial charge is 0.237 e. The number of halogens is 1. The van der Waals surface area contributed by atoms with Crippen LogP contribution in [0.25, 0.3) is 0 Å². The summed E-state index contributed by atoms with van der Waals surface area (Å²) in [7, 11) is 0. The molecule has 3 nitrogen and oxygen atoms in total. The maximum atomic E-state index is 12.5. The number of rotatable bonds is 4. The van der Waals surface area contributed by atoms with Gasteiger partial charge in [0.05, 0.1) is 6.54 Å². The van der Waals surface area contributed by atoms with Gasteiger partial charge in [-0.25, -0.2) is 0 Å². The molecule has 1 aliphatic heterocycles. The third-order valence-corrected chi connectivity index (χ3v) is 5.13. The number of piperidine rings is 1. The molecule has 1 aromatic carbocycles. The van der Waals surface area contributed by atoms with Crippen LogP contribution in [0.15, 0.2) is 28.7 Å². The molecule has 1 aliphatic rings. The summed E-state index contributed by atoms with van der Waals surface area (Å²) in [4.78, 5) is 14.6. The van der Waals surface area contributed by atoms with Crippen molar-refractivity contribution in [3.63, 3.8) is 0 Å². The van der Waals surface area contributed by atoms with Gasteiger partial charge in [0.2, 0.25) is 5.91 Å². The first-order chi connectivity index (χ1) is 10.0. The van der Waals surface area contributed by atoms with Crippen LogP contribution < -0.4 is 5.32 Å². The summed E-state index contributed by atoms with van der Waals surface area (Å²) < 4.78 is 1.08. The van der Waals surface area contributed by atoms with Crippen LogP contribution in [0.3, 0.4) is 0 Å². The minimum atomic E-state index is 0.153. The molecule has 2 rings (SSSR count). The van der Waals surface area contributed by atoms with E-state index in [-0.39, 0.29) is 11.9 Å². The van der Waals surface area contributed by atoms with Gasteiger partial charge in [-0.3, -0.25) is 4.79 Å². The molecule has 1 N–H and O–H groups in total. The number of nitrogens with one attached hydrogen (secondary N) is 1. The second kappa shape index (κ2) is 7.41. The maximum Gasteiger partial charge on any atom is 0.237 e. The van der Waals surface area contributed by atoms with Gasteiger partial charge in [-0.05, 0) is 51.7 Å². The molecule has 1 aromatic rings. The Bertz CT molecular complexity index is 481. The highest BCUT2D eigenvalue weighted by molar-refractivity contribution is 9.10. The molecule has 4 heteroatoms. The number of carbonyl (C=O) groups is 1. The first kappa shape index (κ1) is 16.5. The fourth-order valence-electron chi connectivity index (χ4n) is 3.18. The van der Waals surface area contributed by atoms with Gasteiger partial charge in [0.25, 0.3) is 0 Å². The zero-order chi connectivity index (χ0) is 15.4. The van der Waals surface area contributed by atoms with E-state index in [9.17, 15) is 4.79 Å². The molecule has 0 saturated carbocycles. The van der Waals surface area contributed by atoms with Gasteiger partial charge >= 0.3 is 0 Å². The van der Waals surface area contributed by atoms with E-state index in [1.54, 1.807) is 0 Å². The Labute approximate surface area is 136 Å². The summed E-state index contributed by atoms with van der Waals surface area (Å²) in [6.45, 7) is 6.81. The lowest BCUT2D eigenvalue weighted by atomic mass is 9.97. The van der Waals surface area contributed by atoms with Gasteiger partial charge in [0, 0.05) is 22.6 Å². The summed E-state index contributed by atoms with van der Waals surface area (Å²) in [5.74, 6) is 0.216. The van der Waals surface area contributed by atoms with Crippen LogP contribution in [-0.4, -0.2) is 29.4 Å². The Morgan fingerprint density at radius 3 is 2.57 bits per heavy atom. The highest BCUT2D eigenvalue weighted by Gasteiger charge is 2.28. The molecule has 1 saturated heterocycles. The maximum absolute atomic E-state index is 12.5. The van der Waals surface area contributed by atoms with E-state index in [0.717, 1.165) is 17.3 Å². The van der Waals surface area contributed by atoms with Crippen molar-refractivity contribution >= 4 is 21.8 Å². The first-order valence-electron chi connectivity index (χ1n) is 7.79. The standard InChI is InChI=1S/C17H25BrN2O/c1-12-7-6-8-13(2)20(12)17(21)11-19-14(3)15-9-4-5-10-16(15)18/h4-5,9-10,12-14,19H,6-8,11H2,1-3H3. The Morgan fingerprint density at radius 2 is 1.95 bits per heavy atom. The second-order valence-electron chi connectivity index (χ2n) is 6.05. The van der Waals surface area contributed by atoms with E-state index in [1.165, 1.54) is 12.0 Å². The molecule has 1 amide bonds. The molecule has 0 spiro atoms. The third-order valence-electron chi connectivity index (χ3n) is 4.41. The molecule has 0 aliphatic carbocycles. The quantitative estimate of drug-likeness (QED) is 0.891. The molecular weight excluding hydrogens is 328 g/mol. The summed E-state index contributed by atoms with van der Waals surface area (Å²) in [5.41, 5.74) is 1.19. The Kier molecular flexibility index (Phi) is 5.82. The average molecular weight is 353 g/mol. The average Bonchev–Trinajstić information content (AvgIpc) is 2.45. The lowest BCUT2D eigenvalue weighted by Gasteiger charge is -2.39. The number of benzene rings is 1. The first-order valence-corrected chi connectivity index (χ1v) is 8.59. The van der Waals surface area contributed by atoms with Crippen LogP contribution in [0.1, 0.15) is 51.6 Å². The number of amides is 1. The summed E-state index contributed by atoms with van der Waals surface area (Å²) >= 11 is 3.56. The molecule has 3 unspecified atom stereocenters. The van der Waals surface area contributed by atoms with E-state index in [2.05, 4.69) is 53.0 Å². The van der Waals surface area contributed by atoms with Crippen LogP contribution in [0.5, 0.6) is 0 Å². The van der Waals surface area contributed by atoms with E-state index in [4.69, 9.17) is 0 Å². The topological polar surface area (TPSA) is 32.3 Å². The van der Waals surface area contributed by atoms with Gasteiger partial charge in [0.1, 0.15) is 0 Å². The van der Waals surface area contributed by atoms with Crippen LogP contribution >= 0.6 is 15.9 Å². The number of likely N-dealkylation sites (tertiary alicyclic amines) is 1. The molecule has 3 atom stereocenters. The van der Waals surface area contributed by atoms with Gasteiger partial charge in [-0.15, -0.1) is 0 Å². The highest BCUT2D eigenvalue weighted by Crippen LogP contribution is 2.24. The van der Waals surface area contributed by atoms with Crippen molar-refractivity contribution in [3.05, 3.63) is 34.3 Å². The van der Waals surface area contributed by atoms with Gasteiger partial charge in [0.15, 0.2) is 0 Å². The molecule has 0 aromatic heterocycles. The fourth-order valence-corrected chi connectivity index (χ4v) is 3.81. The predicted octanol–water partition coefficient (Wildman–Crippen LogP) is 3.89. The third kappa shape index (κ3) is 4.07. The van der Waals surface area contributed by atoms with Crippen molar-refractivity contribution in [1.29, 1.82) is 0 Å². The largest absolute Gasteiger partial charge is 0.336 e. The molecule has 0 radical (unpaired) electrons. The SMILES string of the molecule is CC(NCC(=O)N1C(C)CCCC1C)c1ccccc1Br. The van der Waals surface area contributed by atoms with Crippen molar-refractivity contribution in [1.82, 2.24) is 10.2 Å². The Morgan fingerprint density at radius 1 is 1.33 bits per heavy atom.